The number of benzene rings is 1. The first-order valence-electron chi connectivity index (χ1n) is 22.6. The predicted octanol–water partition coefficient (Wildman–Crippen LogP) is -2.89. The highest BCUT2D eigenvalue weighted by Gasteiger charge is 2.34. The van der Waals surface area contributed by atoms with Gasteiger partial charge in [-0.25, -0.2) is 4.79 Å². The van der Waals surface area contributed by atoms with Crippen molar-refractivity contribution in [3.63, 3.8) is 0 Å². The van der Waals surface area contributed by atoms with Crippen LogP contribution in [0.1, 0.15) is 69.8 Å². The van der Waals surface area contributed by atoms with Crippen molar-refractivity contribution in [1.29, 1.82) is 0 Å². The number of amides is 9. The summed E-state index contributed by atoms with van der Waals surface area (Å²) < 4.78 is 0. The third kappa shape index (κ3) is 23.0. The maximum Gasteiger partial charge on any atom is 0.326 e. The standard InChI is InChI=1S/C43H61N11O15S2/c44-18-33(56)47-20-34(57)48-21-35(58)49-22-36(59)50-23-37(60)51-29(15-24-19-46-27-9-3-2-8-26(24)27)40(65)53-31(17-39(63)64)42(67)54-30(16-38(61)62)41(66)52-28(43(68)69)10-5-6-13-45-32(55)11-4-1-7-25-12-14-70-71-25/h2-3,8-9,19,25,28-31,46H,1,4-7,10-18,20-23,44H2,(H,45,55)(H,47,56)(H,48,57)(H,49,58)(H,50,59)(H,51,60)(H,52,66)(H,53,65)(H,54,67)(H,61,62)(H,63,64)(H,68,69)/t25?,28-,29-,30-,31-/m0/s1. The van der Waals surface area contributed by atoms with Crippen molar-refractivity contribution in [2.24, 2.45) is 5.73 Å². The molecule has 28 heteroatoms. The van der Waals surface area contributed by atoms with Gasteiger partial charge in [0.15, 0.2) is 0 Å². The van der Waals surface area contributed by atoms with Gasteiger partial charge in [-0.1, -0.05) is 46.2 Å². The van der Waals surface area contributed by atoms with Gasteiger partial charge in [0.1, 0.15) is 24.2 Å². The van der Waals surface area contributed by atoms with Crippen molar-refractivity contribution in [3.8, 4) is 0 Å². The summed E-state index contributed by atoms with van der Waals surface area (Å²) in [5, 5.41) is 50.9. The van der Waals surface area contributed by atoms with Crippen molar-refractivity contribution in [2.45, 2.75) is 100 Å². The molecule has 3 rings (SSSR count). The lowest BCUT2D eigenvalue weighted by molar-refractivity contribution is -0.145. The van der Waals surface area contributed by atoms with E-state index in [4.69, 9.17) is 5.73 Å². The van der Waals surface area contributed by atoms with E-state index in [1.54, 1.807) is 24.3 Å². The zero-order chi connectivity index (χ0) is 52.3. The van der Waals surface area contributed by atoms with Crippen LogP contribution < -0.4 is 53.6 Å². The Bertz CT molecular complexity index is 2220. The van der Waals surface area contributed by atoms with Crippen LogP contribution >= 0.6 is 21.6 Å². The minimum atomic E-state index is -1.99. The van der Waals surface area contributed by atoms with Gasteiger partial charge in [-0.2, -0.15) is 0 Å². The van der Waals surface area contributed by atoms with Gasteiger partial charge in [0.2, 0.25) is 53.2 Å². The molecule has 5 atom stereocenters. The van der Waals surface area contributed by atoms with Gasteiger partial charge < -0.3 is 73.9 Å². The zero-order valence-electron chi connectivity index (χ0n) is 38.6. The van der Waals surface area contributed by atoms with Crippen LogP contribution in [0.25, 0.3) is 10.9 Å². The maximum atomic E-state index is 13.9. The fraction of sp³-hybridized carbons (Fsp3) is 0.535. The van der Waals surface area contributed by atoms with E-state index in [0.29, 0.717) is 34.6 Å². The van der Waals surface area contributed by atoms with E-state index in [2.05, 4.69) is 52.8 Å². The molecule has 1 aliphatic heterocycles. The van der Waals surface area contributed by atoms with E-state index < -0.39 is 128 Å². The second-order valence-corrected chi connectivity index (χ2v) is 18.9. The van der Waals surface area contributed by atoms with Crippen LogP contribution in [0.5, 0.6) is 0 Å². The molecule has 15 N–H and O–H groups in total. The Kier molecular flexibility index (Phi) is 25.8. The number of aromatic amines is 1. The molecule has 2 heterocycles. The molecular formula is C43H61N11O15S2. The van der Waals surface area contributed by atoms with Gasteiger partial charge in [-0.15, -0.1) is 0 Å². The lowest BCUT2D eigenvalue weighted by Crippen LogP contribution is -2.59. The van der Waals surface area contributed by atoms with E-state index >= 15 is 0 Å². The van der Waals surface area contributed by atoms with Gasteiger partial charge in [0.25, 0.3) is 0 Å². The smallest absolute Gasteiger partial charge is 0.326 e. The van der Waals surface area contributed by atoms with Crippen LogP contribution in [0.2, 0.25) is 0 Å². The number of nitrogens with two attached hydrogens (primary N) is 1. The fourth-order valence-corrected chi connectivity index (χ4v) is 9.83. The summed E-state index contributed by atoms with van der Waals surface area (Å²) in [6.45, 7) is -2.49. The SMILES string of the molecule is NCC(=O)NCC(=O)NCC(=O)NCC(=O)NCC(=O)N[C@@H](Cc1c[nH]c2ccccc12)C(=O)N[C@@H](CC(=O)O)C(=O)N[C@@H](CC(=O)O)C(=O)N[C@@H](CCCCNC(=O)CCCCC1CCSS1)C(=O)O. The lowest BCUT2D eigenvalue weighted by Gasteiger charge is -2.25. The number of carbonyl (C=O) groups is 12. The van der Waals surface area contributed by atoms with Crippen LogP contribution in [0, 0.1) is 0 Å². The largest absolute Gasteiger partial charge is 0.481 e. The lowest BCUT2D eigenvalue weighted by atomic mass is 10.0. The molecule has 0 spiro atoms. The summed E-state index contributed by atoms with van der Waals surface area (Å²) in [5.74, 6) is -11.3. The van der Waals surface area contributed by atoms with Crippen molar-refractivity contribution in [3.05, 3.63) is 36.0 Å². The quantitative estimate of drug-likeness (QED) is 0.0252. The first-order valence-corrected chi connectivity index (χ1v) is 25.0. The number of carboxylic acids is 3. The summed E-state index contributed by atoms with van der Waals surface area (Å²) in [4.78, 5) is 153. The van der Waals surface area contributed by atoms with Crippen molar-refractivity contribution >= 4 is 104 Å². The minimum Gasteiger partial charge on any atom is -0.481 e. The Morgan fingerprint density at radius 1 is 0.620 bits per heavy atom. The number of fused-ring (bicyclic) bond motifs is 1. The highest BCUT2D eigenvalue weighted by atomic mass is 33.1. The van der Waals surface area contributed by atoms with Crippen LogP contribution in [0.3, 0.4) is 0 Å². The Morgan fingerprint density at radius 3 is 1.72 bits per heavy atom. The molecule has 390 valence electrons. The molecule has 0 aliphatic carbocycles. The number of carbonyl (C=O) groups excluding carboxylic acids is 9. The fourth-order valence-electron chi connectivity index (χ4n) is 6.80. The Labute approximate surface area is 414 Å². The zero-order valence-corrected chi connectivity index (χ0v) is 40.3. The number of aliphatic carboxylic acids is 3. The number of para-hydroxylation sites is 1. The number of carboxylic acid groups (broad SMARTS) is 3. The molecular weight excluding hydrogens is 975 g/mol. The van der Waals surface area contributed by atoms with Gasteiger partial charge >= 0.3 is 17.9 Å². The van der Waals surface area contributed by atoms with Crippen molar-refractivity contribution in [1.82, 2.24) is 52.8 Å². The van der Waals surface area contributed by atoms with E-state index in [-0.39, 0.29) is 38.3 Å². The second kappa shape index (κ2) is 31.3. The Morgan fingerprint density at radius 2 is 1.17 bits per heavy atom. The number of H-pyrrole nitrogens is 1. The molecule has 0 saturated carbocycles. The molecule has 1 aromatic carbocycles. The third-order valence-electron chi connectivity index (χ3n) is 10.5. The van der Waals surface area contributed by atoms with Gasteiger partial charge in [-0.05, 0) is 50.2 Å². The summed E-state index contributed by atoms with van der Waals surface area (Å²) in [5.41, 5.74) is 6.26. The topological polar surface area (TPSA) is 416 Å². The number of nitrogens with one attached hydrogen (secondary N) is 10. The average Bonchev–Trinajstić information content (AvgIpc) is 4.01. The average molecular weight is 1040 g/mol. The molecule has 9 amide bonds. The van der Waals surface area contributed by atoms with Gasteiger partial charge in [-0.3, -0.25) is 52.7 Å². The molecule has 71 heavy (non-hydrogen) atoms. The highest BCUT2D eigenvalue weighted by Crippen LogP contribution is 2.39. The van der Waals surface area contributed by atoms with Crippen molar-refractivity contribution in [2.75, 3.05) is 45.0 Å². The summed E-state index contributed by atoms with van der Waals surface area (Å²) >= 11 is 0. The molecule has 0 radical (unpaired) electrons. The van der Waals surface area contributed by atoms with E-state index in [1.165, 1.54) is 6.20 Å². The second-order valence-electron chi connectivity index (χ2n) is 16.1. The summed E-state index contributed by atoms with van der Waals surface area (Å²) in [6, 6.07) is -0.173. The number of aromatic nitrogens is 1. The van der Waals surface area contributed by atoms with Crippen LogP contribution in [-0.4, -0.2) is 166 Å². The van der Waals surface area contributed by atoms with E-state index in [0.717, 1.165) is 31.4 Å². The minimum absolute atomic E-state index is 0.134. The predicted molar refractivity (Wildman–Crippen MR) is 257 cm³/mol. The van der Waals surface area contributed by atoms with Crippen LogP contribution in [-0.2, 0) is 64.0 Å². The molecule has 0 bridgehead atoms. The third-order valence-corrected chi connectivity index (χ3v) is 13.5. The van der Waals surface area contributed by atoms with E-state index in [1.807, 2.05) is 21.6 Å². The first kappa shape index (κ1) is 58.4. The van der Waals surface area contributed by atoms with Gasteiger partial charge in [0, 0.05) is 47.5 Å². The molecule has 1 aromatic heterocycles. The van der Waals surface area contributed by atoms with E-state index in [9.17, 15) is 72.9 Å². The number of hydrogen-bond acceptors (Lipinski definition) is 15. The van der Waals surface area contributed by atoms with Crippen molar-refractivity contribution < 1.29 is 72.9 Å². The number of unbranched alkanes of at least 4 members (excludes halogenated alkanes) is 2. The monoisotopic (exact) mass is 1040 g/mol. The van der Waals surface area contributed by atoms with Crippen LogP contribution in [0.15, 0.2) is 30.5 Å². The number of hydrogen-bond donors (Lipinski definition) is 14. The highest BCUT2D eigenvalue weighted by molar-refractivity contribution is 8.77. The first-order chi connectivity index (χ1) is 33.8. The Balaban J connectivity index is 1.61. The molecule has 2 aromatic rings. The molecule has 1 saturated heterocycles. The summed E-state index contributed by atoms with van der Waals surface area (Å²) in [7, 11) is 3.74. The molecule has 1 aliphatic rings. The Hall–Kier alpha value is -6.94. The molecule has 26 nitrogen and oxygen atoms in total. The maximum absolute atomic E-state index is 13.9. The molecule has 1 fully saturated rings. The van der Waals surface area contributed by atoms with Gasteiger partial charge in [0.05, 0.1) is 45.6 Å². The molecule has 1 unspecified atom stereocenters. The number of rotatable bonds is 33. The van der Waals surface area contributed by atoms with Crippen LogP contribution in [0.4, 0.5) is 0 Å². The normalized spacial score (nSPS) is 14.6. The summed E-state index contributed by atoms with van der Waals surface area (Å²) in [6.07, 6.45) is 3.79.